The molecule has 158 valence electrons. The molecule has 3 rings (SSSR count). The van der Waals surface area contributed by atoms with E-state index in [0.29, 0.717) is 0 Å². The van der Waals surface area contributed by atoms with Gasteiger partial charge in [-0.25, -0.2) is 4.39 Å². The summed E-state index contributed by atoms with van der Waals surface area (Å²) in [7, 11) is -1.89. The van der Waals surface area contributed by atoms with Gasteiger partial charge >= 0.3 is 0 Å². The minimum atomic E-state index is -1.89. The zero-order valence-electron chi connectivity index (χ0n) is 19.0. The topological polar surface area (TPSA) is 12.5 Å². The predicted octanol–water partition coefficient (Wildman–Crippen LogP) is 7.39. The molecular formula is C24H34FNOSSi. The van der Waals surface area contributed by atoms with Gasteiger partial charge < -0.3 is 9.33 Å². The molecule has 0 aliphatic carbocycles. The van der Waals surface area contributed by atoms with Crippen molar-refractivity contribution < 1.29 is 8.82 Å². The van der Waals surface area contributed by atoms with Crippen LogP contribution in [0.5, 0.6) is 5.75 Å². The summed E-state index contributed by atoms with van der Waals surface area (Å²) in [4.78, 5) is 2.34. The first kappa shape index (κ1) is 22.2. The summed E-state index contributed by atoms with van der Waals surface area (Å²) < 4.78 is 20.6. The molecule has 0 saturated carbocycles. The van der Waals surface area contributed by atoms with Crippen molar-refractivity contribution in [2.45, 2.75) is 65.0 Å². The highest BCUT2D eigenvalue weighted by atomic mass is 32.2. The number of hydrogen-bond acceptors (Lipinski definition) is 3. The molecule has 1 unspecified atom stereocenters. The second kappa shape index (κ2) is 7.99. The van der Waals surface area contributed by atoms with Gasteiger partial charge in [0.1, 0.15) is 16.9 Å². The molecule has 0 bridgehead atoms. The quantitative estimate of drug-likeness (QED) is 0.468. The van der Waals surface area contributed by atoms with E-state index in [4.69, 9.17) is 4.43 Å². The van der Waals surface area contributed by atoms with E-state index >= 15 is 0 Å². The van der Waals surface area contributed by atoms with Crippen molar-refractivity contribution in [2.24, 2.45) is 0 Å². The van der Waals surface area contributed by atoms with E-state index in [1.165, 1.54) is 16.7 Å². The van der Waals surface area contributed by atoms with Crippen LogP contribution in [0.2, 0.25) is 18.1 Å². The molecule has 2 nitrogen and oxygen atoms in total. The first-order valence-electron chi connectivity index (χ1n) is 10.4. The highest BCUT2D eigenvalue weighted by Gasteiger charge is 2.39. The number of benzene rings is 2. The van der Waals surface area contributed by atoms with Crippen LogP contribution in [0.4, 0.5) is 10.1 Å². The van der Waals surface area contributed by atoms with Crippen molar-refractivity contribution in [3.05, 3.63) is 58.4 Å². The number of anilines is 1. The third-order valence-corrected chi connectivity index (χ3v) is 11.9. The molecule has 1 saturated heterocycles. The minimum absolute atomic E-state index is 0.164. The normalized spacial score (nSPS) is 17.7. The highest BCUT2D eigenvalue weighted by molar-refractivity contribution is 7.99. The van der Waals surface area contributed by atoms with E-state index in [2.05, 4.69) is 71.7 Å². The van der Waals surface area contributed by atoms with Gasteiger partial charge in [0.25, 0.3) is 8.32 Å². The van der Waals surface area contributed by atoms with Crippen LogP contribution in [-0.4, -0.2) is 20.6 Å². The average molecular weight is 432 g/mol. The first-order chi connectivity index (χ1) is 13.4. The molecule has 2 aromatic carbocycles. The van der Waals surface area contributed by atoms with Crippen molar-refractivity contribution in [1.29, 1.82) is 0 Å². The van der Waals surface area contributed by atoms with Crippen molar-refractivity contribution in [3.8, 4) is 5.75 Å². The number of nitrogens with zero attached hydrogens (tertiary/aromatic N) is 1. The van der Waals surface area contributed by atoms with Crippen molar-refractivity contribution in [3.63, 3.8) is 0 Å². The van der Waals surface area contributed by atoms with Gasteiger partial charge in [-0.15, -0.1) is 11.8 Å². The number of hydrogen-bond donors (Lipinski definition) is 0. The van der Waals surface area contributed by atoms with Gasteiger partial charge in [0.2, 0.25) is 0 Å². The molecule has 0 N–H and O–H groups in total. The maximum Gasteiger partial charge on any atom is 0.250 e. The second-order valence-corrected chi connectivity index (χ2v) is 15.6. The lowest BCUT2D eigenvalue weighted by Gasteiger charge is -2.37. The van der Waals surface area contributed by atoms with E-state index in [0.717, 1.165) is 29.3 Å². The molecule has 0 amide bonds. The van der Waals surface area contributed by atoms with Crippen LogP contribution in [0.1, 0.15) is 48.4 Å². The van der Waals surface area contributed by atoms with E-state index in [9.17, 15) is 4.39 Å². The maximum absolute atomic E-state index is 13.9. The van der Waals surface area contributed by atoms with Gasteiger partial charge in [0.05, 0.1) is 0 Å². The van der Waals surface area contributed by atoms with Crippen LogP contribution in [-0.2, 0) is 0 Å². The van der Waals surface area contributed by atoms with Gasteiger partial charge in [-0.05, 0) is 85.4 Å². The Morgan fingerprint density at radius 3 is 2.24 bits per heavy atom. The lowest BCUT2D eigenvalue weighted by Crippen LogP contribution is -2.44. The molecule has 1 atom stereocenters. The van der Waals surface area contributed by atoms with Crippen LogP contribution in [0, 0.1) is 26.6 Å². The molecule has 0 aromatic heterocycles. The summed E-state index contributed by atoms with van der Waals surface area (Å²) in [5.41, 5.74) is 5.76. The molecular weight excluding hydrogens is 397 g/mol. The summed E-state index contributed by atoms with van der Waals surface area (Å²) >= 11 is 1.92. The molecule has 0 spiro atoms. The van der Waals surface area contributed by atoms with Crippen LogP contribution in [0.15, 0.2) is 30.3 Å². The fourth-order valence-corrected chi connectivity index (χ4v) is 5.97. The fraction of sp³-hybridized carbons (Fsp3) is 0.500. The molecule has 29 heavy (non-hydrogen) atoms. The Morgan fingerprint density at radius 1 is 1.03 bits per heavy atom. The summed E-state index contributed by atoms with van der Waals surface area (Å²) in [5.74, 6) is 1.91. The minimum Gasteiger partial charge on any atom is -0.543 e. The largest absolute Gasteiger partial charge is 0.543 e. The van der Waals surface area contributed by atoms with Crippen LogP contribution in [0.25, 0.3) is 0 Å². The smallest absolute Gasteiger partial charge is 0.250 e. The summed E-state index contributed by atoms with van der Waals surface area (Å²) in [6, 6.07) is 9.61. The van der Waals surface area contributed by atoms with Gasteiger partial charge in [-0.3, -0.25) is 0 Å². The summed E-state index contributed by atoms with van der Waals surface area (Å²) in [5, 5.41) is 0.368. The number of aryl methyl sites for hydroxylation is 3. The van der Waals surface area contributed by atoms with Gasteiger partial charge in [-0.1, -0.05) is 26.8 Å². The molecule has 1 fully saturated rings. The SMILES string of the molecule is Cc1ccc(F)cc1N1CCSC1c1cc(C)c(O[Si](C)(C)C(C)(C)C)c(C)c1. The lowest BCUT2D eigenvalue weighted by molar-refractivity contribution is 0.486. The molecule has 1 heterocycles. The van der Waals surface area contributed by atoms with Crippen molar-refractivity contribution in [1.82, 2.24) is 0 Å². The number of rotatable bonds is 4. The average Bonchev–Trinajstić information content (AvgIpc) is 3.08. The Labute approximate surface area is 181 Å². The first-order valence-corrected chi connectivity index (χ1v) is 14.3. The van der Waals surface area contributed by atoms with Crippen molar-refractivity contribution in [2.75, 3.05) is 17.2 Å². The monoisotopic (exact) mass is 431 g/mol. The Bertz CT molecular complexity index is 883. The zero-order valence-corrected chi connectivity index (χ0v) is 20.8. The van der Waals surface area contributed by atoms with Crippen LogP contribution in [0.3, 0.4) is 0 Å². The van der Waals surface area contributed by atoms with E-state index < -0.39 is 8.32 Å². The van der Waals surface area contributed by atoms with Crippen LogP contribution < -0.4 is 9.33 Å². The maximum atomic E-state index is 13.9. The highest BCUT2D eigenvalue weighted by Crippen LogP contribution is 2.45. The van der Waals surface area contributed by atoms with E-state index in [-0.39, 0.29) is 16.2 Å². The Kier molecular flexibility index (Phi) is 6.12. The Hall–Kier alpha value is -1.46. The number of thioether (sulfide) groups is 1. The zero-order chi connectivity index (χ0) is 21.6. The number of halogens is 1. The predicted molar refractivity (Wildman–Crippen MR) is 127 cm³/mol. The Balaban J connectivity index is 1.95. The third kappa shape index (κ3) is 4.51. The Morgan fingerprint density at radius 2 is 1.66 bits per heavy atom. The molecule has 1 aliphatic rings. The summed E-state index contributed by atoms with van der Waals surface area (Å²) in [6.45, 7) is 18.7. The fourth-order valence-electron chi connectivity index (χ4n) is 3.58. The van der Waals surface area contributed by atoms with Gasteiger partial charge in [-0.2, -0.15) is 0 Å². The lowest BCUT2D eigenvalue weighted by atomic mass is 10.0. The second-order valence-electron chi connectivity index (χ2n) is 9.69. The van der Waals surface area contributed by atoms with Crippen molar-refractivity contribution >= 4 is 25.8 Å². The molecule has 5 heteroatoms. The van der Waals surface area contributed by atoms with E-state index in [1.54, 1.807) is 12.1 Å². The molecule has 0 radical (unpaired) electrons. The van der Waals surface area contributed by atoms with Gasteiger partial charge in [0.15, 0.2) is 0 Å². The third-order valence-electron chi connectivity index (χ3n) is 6.30. The van der Waals surface area contributed by atoms with Gasteiger partial charge in [0, 0.05) is 18.0 Å². The molecule has 1 aliphatic heterocycles. The van der Waals surface area contributed by atoms with E-state index in [1.807, 2.05) is 17.8 Å². The summed E-state index contributed by atoms with van der Waals surface area (Å²) in [6.07, 6.45) is 0. The van der Waals surface area contributed by atoms with Crippen LogP contribution >= 0.6 is 11.8 Å². The molecule has 2 aromatic rings. The standard InChI is InChI=1S/C24H34FNOSSi/c1-16-9-10-20(25)15-21(16)26-11-12-28-23(26)19-13-17(2)22(18(3)14-19)27-29(7,8)24(4,5)6/h9-10,13-15,23H,11-12H2,1-8H3.